The molecule has 1 fully saturated rings. The Morgan fingerprint density at radius 2 is 2.11 bits per heavy atom. The summed E-state index contributed by atoms with van der Waals surface area (Å²) in [4.78, 5) is 2.46. The van der Waals surface area contributed by atoms with Crippen molar-refractivity contribution in [2.75, 3.05) is 25.1 Å². The standard InChI is InChI=1S/C15H23BrN2O/c1-11(17)9-12-10-13(16)3-4-15(12)18-7-5-14(19-2)6-8-18/h3-4,10-11,14H,5-9,17H2,1-2H3. The second kappa shape index (κ2) is 6.73. The number of methoxy groups -OCH3 is 1. The Hall–Kier alpha value is -0.580. The fourth-order valence-corrected chi connectivity index (χ4v) is 3.11. The summed E-state index contributed by atoms with van der Waals surface area (Å²) >= 11 is 3.55. The summed E-state index contributed by atoms with van der Waals surface area (Å²) < 4.78 is 6.56. The quantitative estimate of drug-likeness (QED) is 0.924. The second-order valence-corrected chi connectivity index (χ2v) is 6.29. The highest BCUT2D eigenvalue weighted by atomic mass is 79.9. The maximum absolute atomic E-state index is 5.96. The van der Waals surface area contributed by atoms with Crippen molar-refractivity contribution in [1.82, 2.24) is 0 Å². The van der Waals surface area contributed by atoms with Gasteiger partial charge in [-0.1, -0.05) is 15.9 Å². The van der Waals surface area contributed by atoms with Gasteiger partial charge in [-0.25, -0.2) is 0 Å². The molecule has 0 spiro atoms. The van der Waals surface area contributed by atoms with Crippen LogP contribution in [0.15, 0.2) is 22.7 Å². The van der Waals surface area contributed by atoms with Gasteiger partial charge < -0.3 is 15.4 Å². The van der Waals surface area contributed by atoms with Crippen LogP contribution >= 0.6 is 15.9 Å². The SMILES string of the molecule is COC1CCN(c2ccc(Br)cc2CC(C)N)CC1. The lowest BCUT2D eigenvalue weighted by Crippen LogP contribution is -2.37. The van der Waals surface area contributed by atoms with E-state index in [1.165, 1.54) is 11.3 Å². The van der Waals surface area contributed by atoms with E-state index in [1.807, 2.05) is 7.11 Å². The molecule has 4 heteroatoms. The molecule has 0 bridgehead atoms. The molecule has 1 aliphatic rings. The van der Waals surface area contributed by atoms with Gasteiger partial charge in [0, 0.05) is 36.4 Å². The van der Waals surface area contributed by atoms with Crippen molar-refractivity contribution >= 4 is 21.6 Å². The van der Waals surface area contributed by atoms with Gasteiger partial charge in [0.2, 0.25) is 0 Å². The first-order valence-electron chi connectivity index (χ1n) is 6.92. The largest absolute Gasteiger partial charge is 0.381 e. The van der Waals surface area contributed by atoms with Crippen molar-refractivity contribution < 1.29 is 4.74 Å². The number of nitrogens with two attached hydrogens (primary N) is 1. The number of hydrogen-bond donors (Lipinski definition) is 1. The van der Waals surface area contributed by atoms with Crippen molar-refractivity contribution in [3.05, 3.63) is 28.2 Å². The fraction of sp³-hybridized carbons (Fsp3) is 0.600. The molecule has 0 amide bonds. The van der Waals surface area contributed by atoms with E-state index in [0.29, 0.717) is 6.10 Å². The van der Waals surface area contributed by atoms with E-state index < -0.39 is 0 Å². The summed E-state index contributed by atoms with van der Waals surface area (Å²) in [5.74, 6) is 0. The van der Waals surface area contributed by atoms with Gasteiger partial charge in [-0.2, -0.15) is 0 Å². The molecule has 106 valence electrons. The number of anilines is 1. The molecule has 2 N–H and O–H groups in total. The van der Waals surface area contributed by atoms with Crippen molar-refractivity contribution in [2.45, 2.75) is 38.3 Å². The molecule has 0 aromatic heterocycles. The van der Waals surface area contributed by atoms with Gasteiger partial charge in [-0.05, 0) is 49.9 Å². The fourth-order valence-electron chi connectivity index (χ4n) is 2.71. The summed E-state index contributed by atoms with van der Waals surface area (Å²) in [7, 11) is 1.81. The van der Waals surface area contributed by atoms with E-state index >= 15 is 0 Å². The molecule has 2 rings (SSSR count). The topological polar surface area (TPSA) is 38.5 Å². The molecule has 19 heavy (non-hydrogen) atoms. The lowest BCUT2D eigenvalue weighted by atomic mass is 10.0. The summed E-state index contributed by atoms with van der Waals surface area (Å²) in [6.07, 6.45) is 3.54. The molecule has 0 aliphatic carbocycles. The zero-order valence-corrected chi connectivity index (χ0v) is 13.3. The number of ether oxygens (including phenoxy) is 1. The molecule has 1 aliphatic heterocycles. The Kier molecular flexibility index (Phi) is 5.25. The molecule has 1 aromatic carbocycles. The van der Waals surface area contributed by atoms with Gasteiger partial charge in [-0.3, -0.25) is 0 Å². The van der Waals surface area contributed by atoms with Gasteiger partial charge in [0.05, 0.1) is 6.10 Å². The van der Waals surface area contributed by atoms with Crippen molar-refractivity contribution in [3.8, 4) is 0 Å². The zero-order valence-electron chi connectivity index (χ0n) is 11.7. The first kappa shape index (κ1) is 14.8. The lowest BCUT2D eigenvalue weighted by Gasteiger charge is -2.34. The molecule has 0 saturated carbocycles. The second-order valence-electron chi connectivity index (χ2n) is 5.38. The van der Waals surface area contributed by atoms with Crippen molar-refractivity contribution in [1.29, 1.82) is 0 Å². The molecule has 1 saturated heterocycles. The number of piperidine rings is 1. The van der Waals surface area contributed by atoms with E-state index in [2.05, 4.69) is 46.0 Å². The normalized spacial score (nSPS) is 18.6. The van der Waals surface area contributed by atoms with Gasteiger partial charge in [-0.15, -0.1) is 0 Å². The van der Waals surface area contributed by atoms with Crippen LogP contribution in [-0.4, -0.2) is 32.3 Å². The summed E-state index contributed by atoms with van der Waals surface area (Å²) in [5, 5.41) is 0. The highest BCUT2D eigenvalue weighted by Gasteiger charge is 2.20. The van der Waals surface area contributed by atoms with Crippen LogP contribution in [0.4, 0.5) is 5.69 Å². The smallest absolute Gasteiger partial charge is 0.0605 e. The third-order valence-corrected chi connectivity index (χ3v) is 4.19. The third kappa shape index (κ3) is 3.94. The minimum Gasteiger partial charge on any atom is -0.381 e. The molecule has 1 atom stereocenters. The highest BCUT2D eigenvalue weighted by Crippen LogP contribution is 2.28. The average molecular weight is 327 g/mol. The maximum Gasteiger partial charge on any atom is 0.0605 e. The van der Waals surface area contributed by atoms with Gasteiger partial charge in [0.15, 0.2) is 0 Å². The highest BCUT2D eigenvalue weighted by molar-refractivity contribution is 9.10. The third-order valence-electron chi connectivity index (χ3n) is 3.70. The van der Waals surface area contributed by atoms with Crippen LogP contribution in [-0.2, 0) is 11.2 Å². The van der Waals surface area contributed by atoms with Crippen LogP contribution in [0, 0.1) is 0 Å². The Balaban J connectivity index is 2.15. The maximum atomic E-state index is 5.96. The van der Waals surface area contributed by atoms with E-state index in [9.17, 15) is 0 Å². The minimum absolute atomic E-state index is 0.185. The van der Waals surface area contributed by atoms with E-state index in [0.717, 1.165) is 36.8 Å². The number of halogens is 1. The molecular weight excluding hydrogens is 304 g/mol. The van der Waals surface area contributed by atoms with Crippen LogP contribution in [0.1, 0.15) is 25.3 Å². The molecule has 0 radical (unpaired) electrons. The summed E-state index contributed by atoms with van der Waals surface area (Å²) in [5.41, 5.74) is 8.63. The number of benzene rings is 1. The van der Waals surface area contributed by atoms with Crippen molar-refractivity contribution in [2.24, 2.45) is 5.73 Å². The van der Waals surface area contributed by atoms with Crippen LogP contribution in [0.2, 0.25) is 0 Å². The number of rotatable bonds is 4. The van der Waals surface area contributed by atoms with Gasteiger partial charge in [0.1, 0.15) is 0 Å². The number of hydrogen-bond acceptors (Lipinski definition) is 3. The first-order chi connectivity index (χ1) is 9.10. The molecule has 1 aromatic rings. The van der Waals surface area contributed by atoms with E-state index in [4.69, 9.17) is 10.5 Å². The van der Waals surface area contributed by atoms with Crippen LogP contribution < -0.4 is 10.6 Å². The predicted octanol–water partition coefficient (Wildman–Crippen LogP) is 2.95. The predicted molar refractivity (Wildman–Crippen MR) is 83.7 cm³/mol. The van der Waals surface area contributed by atoms with Crippen LogP contribution in [0.3, 0.4) is 0 Å². The molecular formula is C15H23BrN2O. The van der Waals surface area contributed by atoms with E-state index in [1.54, 1.807) is 0 Å². The zero-order chi connectivity index (χ0) is 13.8. The van der Waals surface area contributed by atoms with Gasteiger partial charge in [0.25, 0.3) is 0 Å². The van der Waals surface area contributed by atoms with Gasteiger partial charge >= 0.3 is 0 Å². The monoisotopic (exact) mass is 326 g/mol. The molecule has 1 unspecified atom stereocenters. The van der Waals surface area contributed by atoms with Crippen LogP contribution in [0.25, 0.3) is 0 Å². The van der Waals surface area contributed by atoms with Crippen molar-refractivity contribution in [3.63, 3.8) is 0 Å². The number of nitrogens with zero attached hydrogens (tertiary/aromatic N) is 1. The summed E-state index contributed by atoms with van der Waals surface area (Å²) in [6.45, 7) is 4.18. The molecule has 1 heterocycles. The Bertz CT molecular complexity index is 415. The Labute approximate surface area is 124 Å². The molecule has 3 nitrogen and oxygen atoms in total. The lowest BCUT2D eigenvalue weighted by molar-refractivity contribution is 0.0819. The summed E-state index contributed by atoms with van der Waals surface area (Å²) in [6, 6.07) is 6.70. The average Bonchev–Trinajstić information content (AvgIpc) is 2.38. The Morgan fingerprint density at radius 1 is 1.42 bits per heavy atom. The van der Waals surface area contributed by atoms with Crippen LogP contribution in [0.5, 0.6) is 0 Å². The minimum atomic E-state index is 0.185. The first-order valence-corrected chi connectivity index (χ1v) is 7.71. The van der Waals surface area contributed by atoms with E-state index in [-0.39, 0.29) is 6.04 Å². The Morgan fingerprint density at radius 3 is 2.68 bits per heavy atom.